The molecule has 0 aliphatic heterocycles. The van der Waals surface area contributed by atoms with Gasteiger partial charge in [-0.25, -0.2) is 4.79 Å². The van der Waals surface area contributed by atoms with Crippen LogP contribution in [0.2, 0.25) is 0 Å². The first-order chi connectivity index (χ1) is 9.49. The van der Waals surface area contributed by atoms with Gasteiger partial charge in [-0.1, -0.05) is 17.7 Å². The Morgan fingerprint density at radius 1 is 1.20 bits per heavy atom. The number of nitrogens with one attached hydrogen (secondary N) is 1. The molecule has 2 rings (SSSR count). The number of aromatic nitrogens is 2. The minimum absolute atomic E-state index is 0.200. The topological polar surface area (TPSA) is 46.9 Å². The van der Waals surface area contributed by atoms with E-state index in [2.05, 4.69) is 45.3 Å². The minimum atomic E-state index is -0.200. The third kappa shape index (κ3) is 3.28. The molecule has 2 aromatic rings. The van der Waals surface area contributed by atoms with E-state index in [4.69, 9.17) is 0 Å². The van der Waals surface area contributed by atoms with Crippen molar-refractivity contribution in [2.45, 2.75) is 27.3 Å². The van der Waals surface area contributed by atoms with Crippen LogP contribution in [-0.2, 0) is 6.54 Å². The Morgan fingerprint density at radius 2 is 1.85 bits per heavy atom. The molecule has 0 aliphatic rings. The first-order valence-electron chi connectivity index (χ1n) is 6.53. The summed E-state index contributed by atoms with van der Waals surface area (Å²) in [7, 11) is 0. The fourth-order valence-corrected chi connectivity index (χ4v) is 2.33. The van der Waals surface area contributed by atoms with Crippen LogP contribution in [0, 0.1) is 20.8 Å². The molecule has 1 heterocycles. The van der Waals surface area contributed by atoms with Crippen LogP contribution in [0.1, 0.15) is 17.0 Å². The zero-order chi connectivity index (χ0) is 14.7. The third-order valence-electron chi connectivity index (χ3n) is 3.25. The highest BCUT2D eigenvalue weighted by Crippen LogP contribution is 2.16. The van der Waals surface area contributed by atoms with Gasteiger partial charge in [0.05, 0.1) is 10.2 Å². The van der Waals surface area contributed by atoms with E-state index in [-0.39, 0.29) is 5.69 Å². The Bertz CT molecular complexity index is 662. The van der Waals surface area contributed by atoms with Crippen LogP contribution in [0.3, 0.4) is 0 Å². The lowest BCUT2D eigenvalue weighted by atomic mass is 10.2. The predicted molar refractivity (Wildman–Crippen MR) is 85.3 cm³/mol. The molecule has 0 spiro atoms. The summed E-state index contributed by atoms with van der Waals surface area (Å²) in [6.07, 6.45) is 0. The molecule has 0 radical (unpaired) electrons. The summed E-state index contributed by atoms with van der Waals surface area (Å²) < 4.78 is 2.57. The standard InChI is InChI=1S/C15H18BrN3O/c1-10-4-6-13(7-5-10)17-8-9-19-12(3)14(16)11(2)18-15(19)20/h4-7,17H,8-9H2,1-3H3. The van der Waals surface area contributed by atoms with Gasteiger partial charge >= 0.3 is 5.69 Å². The lowest BCUT2D eigenvalue weighted by Crippen LogP contribution is -2.29. The average molecular weight is 336 g/mol. The number of hydrogen-bond acceptors (Lipinski definition) is 3. The predicted octanol–water partition coefficient (Wildman–Crippen LogP) is 3.04. The van der Waals surface area contributed by atoms with Crippen LogP contribution < -0.4 is 11.0 Å². The first-order valence-corrected chi connectivity index (χ1v) is 7.32. The summed E-state index contributed by atoms with van der Waals surface area (Å²) in [6, 6.07) is 8.19. The van der Waals surface area contributed by atoms with Crippen LogP contribution in [-0.4, -0.2) is 16.1 Å². The molecule has 4 nitrogen and oxygen atoms in total. The number of benzene rings is 1. The number of hydrogen-bond donors (Lipinski definition) is 1. The zero-order valence-corrected chi connectivity index (χ0v) is 13.5. The Kier molecular flexibility index (Phi) is 4.60. The lowest BCUT2D eigenvalue weighted by Gasteiger charge is -2.13. The van der Waals surface area contributed by atoms with Gasteiger partial charge in [-0.2, -0.15) is 4.98 Å². The van der Waals surface area contributed by atoms with Crippen molar-refractivity contribution in [1.82, 2.24) is 9.55 Å². The Morgan fingerprint density at radius 3 is 2.50 bits per heavy atom. The second-order valence-corrected chi connectivity index (χ2v) is 5.62. The normalized spacial score (nSPS) is 10.6. The van der Waals surface area contributed by atoms with E-state index in [9.17, 15) is 4.79 Å². The van der Waals surface area contributed by atoms with Crippen molar-refractivity contribution in [2.75, 3.05) is 11.9 Å². The molecule has 0 fully saturated rings. The Hall–Kier alpha value is -1.62. The molecule has 0 amide bonds. The largest absolute Gasteiger partial charge is 0.383 e. The third-order valence-corrected chi connectivity index (χ3v) is 4.40. The maximum Gasteiger partial charge on any atom is 0.348 e. The smallest absolute Gasteiger partial charge is 0.348 e. The van der Waals surface area contributed by atoms with Gasteiger partial charge in [-0.05, 0) is 48.8 Å². The van der Waals surface area contributed by atoms with E-state index in [1.54, 1.807) is 4.57 Å². The van der Waals surface area contributed by atoms with Crippen molar-refractivity contribution in [2.24, 2.45) is 0 Å². The van der Waals surface area contributed by atoms with Gasteiger partial charge in [0.2, 0.25) is 0 Å². The SMILES string of the molecule is Cc1ccc(NCCn2c(C)c(Br)c(C)nc2=O)cc1. The molecule has 0 aliphatic carbocycles. The molecule has 0 bridgehead atoms. The average Bonchev–Trinajstić information content (AvgIpc) is 2.42. The summed E-state index contributed by atoms with van der Waals surface area (Å²) in [4.78, 5) is 15.9. The molecule has 0 saturated heterocycles. The van der Waals surface area contributed by atoms with Crippen molar-refractivity contribution in [3.63, 3.8) is 0 Å². The molecule has 1 aromatic carbocycles. The van der Waals surface area contributed by atoms with Crippen LogP contribution in [0.4, 0.5) is 5.69 Å². The molecule has 1 aromatic heterocycles. The van der Waals surface area contributed by atoms with Crippen molar-refractivity contribution >= 4 is 21.6 Å². The number of rotatable bonds is 4. The van der Waals surface area contributed by atoms with Crippen molar-refractivity contribution in [1.29, 1.82) is 0 Å². The van der Waals surface area contributed by atoms with Crippen LogP contribution in [0.25, 0.3) is 0 Å². The van der Waals surface area contributed by atoms with E-state index >= 15 is 0 Å². The quantitative estimate of drug-likeness (QED) is 0.934. The number of halogens is 1. The van der Waals surface area contributed by atoms with Gasteiger partial charge in [-0.15, -0.1) is 0 Å². The molecular weight excluding hydrogens is 318 g/mol. The second-order valence-electron chi connectivity index (χ2n) is 4.82. The van der Waals surface area contributed by atoms with Crippen LogP contribution >= 0.6 is 15.9 Å². The maximum absolute atomic E-state index is 11.9. The molecule has 106 valence electrons. The Balaban J connectivity index is 2.06. The minimum Gasteiger partial charge on any atom is -0.383 e. The fraction of sp³-hybridized carbons (Fsp3) is 0.333. The molecule has 1 N–H and O–H groups in total. The fourth-order valence-electron chi connectivity index (χ4n) is 2.02. The first kappa shape index (κ1) is 14.8. The maximum atomic E-state index is 11.9. The van der Waals surface area contributed by atoms with E-state index in [0.29, 0.717) is 13.1 Å². The van der Waals surface area contributed by atoms with Gasteiger partial charge in [0.1, 0.15) is 0 Å². The summed E-state index contributed by atoms with van der Waals surface area (Å²) >= 11 is 3.47. The van der Waals surface area contributed by atoms with Crippen LogP contribution in [0.15, 0.2) is 33.5 Å². The number of nitrogens with zero attached hydrogens (tertiary/aromatic N) is 2. The highest BCUT2D eigenvalue weighted by molar-refractivity contribution is 9.10. The zero-order valence-electron chi connectivity index (χ0n) is 11.9. The van der Waals surface area contributed by atoms with Gasteiger partial charge in [0.15, 0.2) is 0 Å². The van der Waals surface area contributed by atoms with Crippen molar-refractivity contribution in [3.05, 3.63) is 56.2 Å². The summed E-state index contributed by atoms with van der Waals surface area (Å²) in [6.45, 7) is 7.08. The van der Waals surface area contributed by atoms with Gasteiger partial charge in [-0.3, -0.25) is 4.57 Å². The Labute approximate surface area is 127 Å². The van der Waals surface area contributed by atoms with E-state index in [0.717, 1.165) is 21.5 Å². The van der Waals surface area contributed by atoms with E-state index in [1.165, 1.54) is 5.56 Å². The molecule has 0 atom stereocenters. The van der Waals surface area contributed by atoms with Gasteiger partial charge in [0.25, 0.3) is 0 Å². The highest BCUT2D eigenvalue weighted by atomic mass is 79.9. The number of aryl methyl sites for hydroxylation is 2. The second kappa shape index (κ2) is 6.22. The van der Waals surface area contributed by atoms with Crippen molar-refractivity contribution in [3.8, 4) is 0 Å². The van der Waals surface area contributed by atoms with Crippen LogP contribution in [0.5, 0.6) is 0 Å². The summed E-state index contributed by atoms with van der Waals surface area (Å²) in [5.74, 6) is 0. The molecule has 0 unspecified atom stereocenters. The molecule has 0 saturated carbocycles. The molecule has 5 heteroatoms. The molecule has 20 heavy (non-hydrogen) atoms. The van der Waals surface area contributed by atoms with Gasteiger partial charge < -0.3 is 5.32 Å². The van der Waals surface area contributed by atoms with E-state index < -0.39 is 0 Å². The lowest BCUT2D eigenvalue weighted by molar-refractivity contribution is 0.643. The van der Waals surface area contributed by atoms with Gasteiger partial charge in [0, 0.05) is 24.5 Å². The summed E-state index contributed by atoms with van der Waals surface area (Å²) in [5, 5.41) is 3.31. The number of anilines is 1. The molecular formula is C15H18BrN3O. The van der Waals surface area contributed by atoms with E-state index in [1.807, 2.05) is 26.0 Å². The monoisotopic (exact) mass is 335 g/mol. The summed E-state index contributed by atoms with van der Waals surface area (Å²) in [5.41, 5.74) is 3.73. The van der Waals surface area contributed by atoms with Crippen molar-refractivity contribution < 1.29 is 0 Å². The highest BCUT2D eigenvalue weighted by Gasteiger charge is 2.08.